The molecule has 4 aromatic rings. The Morgan fingerprint density at radius 3 is 1.85 bits per heavy atom. The number of rotatable bonds is 1. The summed E-state index contributed by atoms with van der Waals surface area (Å²) in [5.41, 5.74) is 0. The van der Waals surface area contributed by atoms with E-state index in [1.807, 2.05) is 30.5 Å². The zero-order valence-corrected chi connectivity index (χ0v) is 16.5. The maximum atomic E-state index is 9.18. The van der Waals surface area contributed by atoms with Crippen LogP contribution < -0.4 is 4.74 Å². The number of methoxy groups -OCH3 is 1. The Kier molecular flexibility index (Phi) is 8.66. The van der Waals surface area contributed by atoms with Crippen molar-refractivity contribution >= 4 is 53.4 Å². The van der Waals surface area contributed by atoms with Crippen LogP contribution in [0.5, 0.6) is 11.5 Å². The summed E-state index contributed by atoms with van der Waals surface area (Å²) in [5, 5.41) is 13.4. The van der Waals surface area contributed by atoms with Crippen molar-refractivity contribution in [3.8, 4) is 11.5 Å². The lowest BCUT2D eigenvalue weighted by Gasteiger charge is -2.02. The topological polar surface area (TPSA) is 55.2 Å². The van der Waals surface area contributed by atoms with Gasteiger partial charge in [0.1, 0.15) is 11.5 Å². The molecule has 0 aliphatic carbocycles. The van der Waals surface area contributed by atoms with E-state index in [1.165, 1.54) is 0 Å². The Labute approximate surface area is 176 Å². The fraction of sp³-hybridized carbons (Fsp3) is 0.143. The van der Waals surface area contributed by atoms with Gasteiger partial charge in [0.05, 0.1) is 7.11 Å². The quantitative estimate of drug-likeness (QED) is 0.310. The van der Waals surface area contributed by atoms with E-state index in [4.69, 9.17) is 4.74 Å². The van der Waals surface area contributed by atoms with E-state index in [9.17, 15) is 5.11 Å². The van der Waals surface area contributed by atoms with E-state index in [1.54, 1.807) is 37.8 Å². The van der Waals surface area contributed by atoms with E-state index < -0.39 is 0 Å². The lowest BCUT2D eigenvalue weighted by molar-refractivity contribution is 0.415. The minimum absolute atomic E-state index is 0. The van der Waals surface area contributed by atoms with Crippen LogP contribution >= 0.6 is 31.9 Å². The summed E-state index contributed by atoms with van der Waals surface area (Å²) in [6.45, 7) is 0. The molecule has 2 heterocycles. The number of aromatic hydroxyl groups is 1. The first-order chi connectivity index (χ1) is 12.1. The smallest absolute Gasteiger partial charge is 0.119 e. The van der Waals surface area contributed by atoms with Crippen LogP contribution in [0.15, 0.2) is 70.1 Å². The highest BCUT2D eigenvalue weighted by Gasteiger charge is 2.00. The molecule has 4 nitrogen and oxygen atoms in total. The van der Waals surface area contributed by atoms with E-state index in [2.05, 4.69) is 41.8 Å². The van der Waals surface area contributed by atoms with Crippen molar-refractivity contribution < 1.29 is 9.84 Å². The molecule has 0 atom stereocenters. The van der Waals surface area contributed by atoms with Crippen LogP contribution in [0.1, 0.15) is 14.9 Å². The summed E-state index contributed by atoms with van der Waals surface area (Å²) in [6.07, 6.45) is 7.07. The summed E-state index contributed by atoms with van der Waals surface area (Å²) < 4.78 is 7.07. The van der Waals surface area contributed by atoms with Gasteiger partial charge in [0.25, 0.3) is 0 Å². The number of fused-ring (bicyclic) bond motifs is 2. The number of benzene rings is 2. The molecule has 6 heteroatoms. The molecule has 0 amide bonds. The lowest BCUT2D eigenvalue weighted by Crippen LogP contribution is -1.83. The van der Waals surface area contributed by atoms with Crippen LogP contribution in [0.4, 0.5) is 0 Å². The number of halogens is 2. The molecular weight excluding hydrogens is 472 g/mol. The molecule has 2 aromatic heterocycles. The molecule has 4 rings (SSSR count). The van der Waals surface area contributed by atoms with Crippen LogP contribution in [-0.4, -0.2) is 22.2 Å². The Morgan fingerprint density at radius 1 is 0.778 bits per heavy atom. The maximum absolute atomic E-state index is 9.18. The average molecular weight is 494 g/mol. The van der Waals surface area contributed by atoms with Crippen LogP contribution in [0.3, 0.4) is 0 Å². The summed E-state index contributed by atoms with van der Waals surface area (Å²) in [4.78, 5) is 8.08. The largest absolute Gasteiger partial charge is 0.508 e. The highest BCUT2D eigenvalue weighted by atomic mass is 79.9. The summed E-state index contributed by atoms with van der Waals surface area (Å²) in [7, 11) is 1.66. The molecule has 2 aromatic carbocycles. The van der Waals surface area contributed by atoms with Gasteiger partial charge in [-0.05, 0) is 79.0 Å². The number of aromatic nitrogens is 2. The minimum atomic E-state index is 0. The summed E-state index contributed by atoms with van der Waals surface area (Å²) in [5.74, 6) is 1.12. The number of phenols is 1. The normalized spacial score (nSPS) is 9.59. The molecule has 1 N–H and O–H groups in total. The Balaban J connectivity index is 0.000000252. The highest BCUT2D eigenvalue weighted by Crippen LogP contribution is 2.26. The average Bonchev–Trinajstić information content (AvgIpc) is 2.62. The number of pyridine rings is 2. The van der Waals surface area contributed by atoms with Gasteiger partial charge in [0, 0.05) is 44.5 Å². The fourth-order valence-electron chi connectivity index (χ4n) is 2.37. The van der Waals surface area contributed by atoms with Crippen molar-refractivity contribution in [2.45, 2.75) is 14.9 Å². The highest BCUT2D eigenvalue weighted by molar-refractivity contribution is 9.11. The molecule has 142 valence electrons. The van der Waals surface area contributed by atoms with E-state index in [-0.39, 0.29) is 20.6 Å². The van der Waals surface area contributed by atoms with Crippen LogP contribution in [0, 0.1) is 0 Å². The molecule has 0 fully saturated rings. The zero-order chi connectivity index (χ0) is 17.8. The SMILES string of the molecule is C.C.COc1ccc2c(Br)cncc2c1.Oc1ccc2c(Br)cncc2c1. The Bertz CT molecular complexity index is 1040. The van der Waals surface area contributed by atoms with Crippen LogP contribution in [0.2, 0.25) is 0 Å². The first-order valence-corrected chi connectivity index (χ1v) is 8.96. The molecular formula is C21H22Br2N2O2. The maximum Gasteiger partial charge on any atom is 0.119 e. The van der Waals surface area contributed by atoms with Crippen molar-refractivity contribution in [3.63, 3.8) is 0 Å². The number of ether oxygens (including phenoxy) is 1. The molecule has 27 heavy (non-hydrogen) atoms. The second-order valence-electron chi connectivity index (χ2n) is 5.24. The third kappa shape index (κ3) is 5.40. The molecule has 0 saturated carbocycles. The van der Waals surface area contributed by atoms with Crippen molar-refractivity contribution in [3.05, 3.63) is 70.1 Å². The molecule has 0 saturated heterocycles. The Morgan fingerprint density at radius 2 is 1.30 bits per heavy atom. The van der Waals surface area contributed by atoms with Gasteiger partial charge >= 0.3 is 0 Å². The lowest BCUT2D eigenvalue weighted by atomic mass is 10.2. The van der Waals surface area contributed by atoms with Gasteiger partial charge in [0.15, 0.2) is 0 Å². The van der Waals surface area contributed by atoms with Gasteiger partial charge in [-0.25, -0.2) is 0 Å². The first kappa shape index (κ1) is 22.9. The molecule has 0 unspecified atom stereocenters. The van der Waals surface area contributed by atoms with E-state index in [0.717, 1.165) is 36.2 Å². The van der Waals surface area contributed by atoms with Crippen LogP contribution in [0.25, 0.3) is 21.5 Å². The third-order valence-corrected chi connectivity index (χ3v) is 4.88. The Hall–Kier alpha value is -2.18. The van der Waals surface area contributed by atoms with Crippen molar-refractivity contribution in [2.24, 2.45) is 0 Å². The van der Waals surface area contributed by atoms with Crippen molar-refractivity contribution in [1.29, 1.82) is 0 Å². The van der Waals surface area contributed by atoms with E-state index >= 15 is 0 Å². The predicted octanol–water partition coefficient (Wildman–Crippen LogP) is 6.98. The van der Waals surface area contributed by atoms with Crippen molar-refractivity contribution in [2.75, 3.05) is 7.11 Å². The van der Waals surface area contributed by atoms with Crippen molar-refractivity contribution in [1.82, 2.24) is 9.97 Å². The number of phenolic OH excluding ortho intramolecular Hbond substituents is 1. The molecule has 0 aliphatic heterocycles. The first-order valence-electron chi connectivity index (χ1n) is 7.38. The second kappa shape index (κ2) is 10.2. The molecule has 0 spiro atoms. The molecule has 0 bridgehead atoms. The van der Waals surface area contributed by atoms with Gasteiger partial charge in [-0.2, -0.15) is 0 Å². The standard InChI is InChI=1S/C10H8BrNO.C9H6BrNO.2CH4/c1-13-8-2-3-9-7(4-8)5-12-6-10(9)11;10-9-5-11-4-6-3-7(12)1-2-8(6)9;;/h2-6H,1H3;1-5,12H;2*1H4. The monoisotopic (exact) mass is 492 g/mol. The van der Waals surface area contributed by atoms with Gasteiger partial charge in [0.2, 0.25) is 0 Å². The molecule has 0 aliphatic rings. The van der Waals surface area contributed by atoms with Gasteiger partial charge in [-0.3, -0.25) is 9.97 Å². The minimum Gasteiger partial charge on any atom is -0.508 e. The summed E-state index contributed by atoms with van der Waals surface area (Å²) >= 11 is 6.82. The second-order valence-corrected chi connectivity index (χ2v) is 6.94. The van der Waals surface area contributed by atoms with Gasteiger partial charge < -0.3 is 9.84 Å². The predicted molar refractivity (Wildman–Crippen MR) is 121 cm³/mol. The zero-order valence-electron chi connectivity index (χ0n) is 13.3. The number of nitrogens with zero attached hydrogens (tertiary/aromatic N) is 2. The van der Waals surface area contributed by atoms with Crippen LogP contribution in [-0.2, 0) is 0 Å². The van der Waals surface area contributed by atoms with Gasteiger partial charge in [-0.1, -0.05) is 14.9 Å². The number of hydrogen-bond donors (Lipinski definition) is 1. The fourth-order valence-corrected chi connectivity index (χ4v) is 3.33. The number of hydrogen-bond acceptors (Lipinski definition) is 4. The van der Waals surface area contributed by atoms with Gasteiger partial charge in [-0.15, -0.1) is 0 Å². The summed E-state index contributed by atoms with van der Waals surface area (Å²) in [6, 6.07) is 11.1. The third-order valence-electron chi connectivity index (χ3n) is 3.61. The van der Waals surface area contributed by atoms with E-state index in [0.29, 0.717) is 0 Å². The molecule has 0 radical (unpaired) electrons.